The maximum atomic E-state index is 6.57. The molecular weight excluding hydrogens is 212 g/mol. The van der Waals surface area contributed by atoms with Gasteiger partial charge in [-0.05, 0) is 29.5 Å². The van der Waals surface area contributed by atoms with Crippen molar-refractivity contribution in [1.29, 1.82) is 0 Å². The van der Waals surface area contributed by atoms with E-state index in [1.165, 1.54) is 0 Å². The second-order valence-corrected chi connectivity index (χ2v) is 5.58. The van der Waals surface area contributed by atoms with E-state index in [9.17, 15) is 0 Å². The van der Waals surface area contributed by atoms with E-state index >= 15 is 0 Å². The first-order valence-electron chi connectivity index (χ1n) is 5.12. The minimum atomic E-state index is -0.214. The van der Waals surface area contributed by atoms with Crippen molar-refractivity contribution in [1.82, 2.24) is 0 Å². The van der Waals surface area contributed by atoms with Crippen LogP contribution in [0.1, 0.15) is 25.8 Å². The third kappa shape index (κ3) is 1.18. The molecule has 0 bridgehead atoms. The van der Waals surface area contributed by atoms with Gasteiger partial charge in [0.25, 0.3) is 0 Å². The fourth-order valence-corrected chi connectivity index (χ4v) is 2.65. The van der Waals surface area contributed by atoms with Crippen molar-refractivity contribution in [3.05, 3.63) is 23.8 Å². The van der Waals surface area contributed by atoms with Gasteiger partial charge < -0.3 is 9.47 Å². The van der Waals surface area contributed by atoms with Gasteiger partial charge in [-0.2, -0.15) is 0 Å². The topological polar surface area (TPSA) is 18.5 Å². The molecular formula is C12H13ClO2. The molecule has 1 atom stereocenters. The Morgan fingerprint density at radius 1 is 1.20 bits per heavy atom. The molecule has 1 fully saturated rings. The number of hydrogen-bond acceptors (Lipinski definition) is 2. The van der Waals surface area contributed by atoms with Gasteiger partial charge in [0.15, 0.2) is 11.5 Å². The highest BCUT2D eigenvalue weighted by molar-refractivity contribution is 6.26. The minimum absolute atomic E-state index is 0.183. The number of rotatable bonds is 1. The van der Waals surface area contributed by atoms with E-state index in [0.717, 1.165) is 23.5 Å². The molecule has 0 amide bonds. The maximum absolute atomic E-state index is 6.57. The van der Waals surface area contributed by atoms with Gasteiger partial charge in [0.1, 0.15) is 0 Å². The predicted octanol–water partition coefficient (Wildman–Crippen LogP) is 3.28. The summed E-state index contributed by atoms with van der Waals surface area (Å²) in [5, 5.41) is 0. The second-order valence-electron chi connectivity index (χ2n) is 4.93. The summed E-state index contributed by atoms with van der Waals surface area (Å²) in [4.78, 5) is -0.214. The number of hydrogen-bond donors (Lipinski definition) is 0. The molecule has 0 saturated heterocycles. The largest absolute Gasteiger partial charge is 0.454 e. The summed E-state index contributed by atoms with van der Waals surface area (Å²) in [7, 11) is 0. The summed E-state index contributed by atoms with van der Waals surface area (Å²) in [5.74, 6) is 1.63. The van der Waals surface area contributed by atoms with Crippen LogP contribution in [0.2, 0.25) is 0 Å². The number of fused-ring (bicyclic) bond motifs is 1. The molecule has 0 radical (unpaired) electrons. The van der Waals surface area contributed by atoms with E-state index in [1.807, 2.05) is 18.2 Å². The van der Waals surface area contributed by atoms with Crippen LogP contribution in [0.4, 0.5) is 0 Å². The Balaban J connectivity index is 2.01. The maximum Gasteiger partial charge on any atom is 0.231 e. The van der Waals surface area contributed by atoms with Crippen molar-refractivity contribution in [3.8, 4) is 11.5 Å². The molecule has 15 heavy (non-hydrogen) atoms. The molecule has 0 aromatic heterocycles. The Hall–Kier alpha value is -0.890. The molecule has 0 spiro atoms. The molecule has 3 heteroatoms. The summed E-state index contributed by atoms with van der Waals surface area (Å²) < 4.78 is 10.6. The van der Waals surface area contributed by atoms with Crippen molar-refractivity contribution in [3.63, 3.8) is 0 Å². The van der Waals surface area contributed by atoms with Gasteiger partial charge in [-0.15, -0.1) is 11.6 Å². The Labute approximate surface area is 94.1 Å². The molecule has 3 rings (SSSR count). The normalized spacial score (nSPS) is 30.3. The summed E-state index contributed by atoms with van der Waals surface area (Å²) in [6.45, 7) is 4.69. The molecule has 1 aromatic rings. The molecule has 1 heterocycles. The standard InChI is InChI=1S/C12H13ClO2/c1-11(2)6-12(11,13)8-3-4-9-10(5-8)15-7-14-9/h3-5H,6-7H2,1-2H3. The van der Waals surface area contributed by atoms with Gasteiger partial charge in [-0.25, -0.2) is 0 Å². The predicted molar refractivity (Wildman–Crippen MR) is 58.5 cm³/mol. The van der Waals surface area contributed by atoms with E-state index in [1.54, 1.807) is 0 Å². The van der Waals surface area contributed by atoms with Crippen LogP contribution < -0.4 is 9.47 Å². The zero-order chi connectivity index (χ0) is 10.7. The highest BCUT2D eigenvalue weighted by Crippen LogP contribution is 2.67. The van der Waals surface area contributed by atoms with Crippen LogP contribution in [0.3, 0.4) is 0 Å². The van der Waals surface area contributed by atoms with E-state index in [0.29, 0.717) is 6.79 Å². The quantitative estimate of drug-likeness (QED) is 0.682. The zero-order valence-electron chi connectivity index (χ0n) is 8.84. The molecule has 80 valence electrons. The first kappa shape index (κ1) is 9.34. The van der Waals surface area contributed by atoms with Crippen molar-refractivity contribution in [2.45, 2.75) is 25.1 Å². The van der Waals surface area contributed by atoms with Crippen LogP contribution >= 0.6 is 11.6 Å². The van der Waals surface area contributed by atoms with E-state index in [4.69, 9.17) is 21.1 Å². The molecule has 1 saturated carbocycles. The third-order valence-electron chi connectivity index (χ3n) is 3.46. The highest BCUT2D eigenvalue weighted by Gasteiger charge is 2.61. The lowest BCUT2D eigenvalue weighted by molar-refractivity contribution is 0.174. The molecule has 0 N–H and O–H groups in total. The lowest BCUT2D eigenvalue weighted by Crippen LogP contribution is -2.05. The van der Waals surface area contributed by atoms with E-state index < -0.39 is 0 Å². The average Bonchev–Trinajstić information content (AvgIpc) is 2.61. The Kier molecular flexibility index (Phi) is 1.63. The first-order valence-corrected chi connectivity index (χ1v) is 5.50. The van der Waals surface area contributed by atoms with Gasteiger partial charge in [-0.3, -0.25) is 0 Å². The highest BCUT2D eigenvalue weighted by atomic mass is 35.5. The van der Waals surface area contributed by atoms with Gasteiger partial charge in [-0.1, -0.05) is 19.9 Å². The molecule has 1 aliphatic carbocycles. The number of halogens is 1. The lowest BCUT2D eigenvalue weighted by atomic mass is 10.0. The van der Waals surface area contributed by atoms with Crippen molar-refractivity contribution in [2.75, 3.05) is 6.79 Å². The molecule has 2 aliphatic rings. The van der Waals surface area contributed by atoms with Crippen LogP contribution in [-0.2, 0) is 4.87 Å². The fraction of sp³-hybridized carbons (Fsp3) is 0.500. The van der Waals surface area contributed by atoms with Gasteiger partial charge >= 0.3 is 0 Å². The Morgan fingerprint density at radius 2 is 1.87 bits per heavy atom. The first-order chi connectivity index (χ1) is 7.03. The van der Waals surface area contributed by atoms with Crippen LogP contribution in [0.15, 0.2) is 18.2 Å². The summed E-state index contributed by atoms with van der Waals surface area (Å²) in [5.41, 5.74) is 1.32. The zero-order valence-corrected chi connectivity index (χ0v) is 9.60. The molecule has 1 aliphatic heterocycles. The SMILES string of the molecule is CC1(C)CC1(Cl)c1ccc2c(c1)OCO2. The number of alkyl halides is 1. The second kappa shape index (κ2) is 2.62. The van der Waals surface area contributed by atoms with Crippen molar-refractivity contribution < 1.29 is 9.47 Å². The van der Waals surface area contributed by atoms with Crippen molar-refractivity contribution in [2.24, 2.45) is 5.41 Å². The summed E-state index contributed by atoms with van der Waals surface area (Å²) >= 11 is 6.57. The molecule has 1 unspecified atom stereocenters. The van der Waals surface area contributed by atoms with Crippen LogP contribution in [0.25, 0.3) is 0 Å². The molecule has 1 aromatic carbocycles. The fourth-order valence-electron chi connectivity index (χ4n) is 2.20. The number of ether oxygens (including phenoxy) is 2. The Morgan fingerprint density at radius 3 is 2.53 bits per heavy atom. The number of benzene rings is 1. The smallest absolute Gasteiger partial charge is 0.231 e. The van der Waals surface area contributed by atoms with Crippen LogP contribution in [-0.4, -0.2) is 6.79 Å². The third-order valence-corrected chi connectivity index (χ3v) is 4.33. The van der Waals surface area contributed by atoms with Crippen LogP contribution in [0, 0.1) is 5.41 Å². The van der Waals surface area contributed by atoms with Gasteiger partial charge in [0.2, 0.25) is 6.79 Å². The Bertz CT molecular complexity index is 428. The van der Waals surface area contributed by atoms with Crippen LogP contribution in [0.5, 0.6) is 11.5 Å². The molecule has 2 nitrogen and oxygen atoms in total. The van der Waals surface area contributed by atoms with E-state index in [-0.39, 0.29) is 10.3 Å². The summed E-state index contributed by atoms with van der Waals surface area (Å²) in [6, 6.07) is 5.98. The monoisotopic (exact) mass is 224 g/mol. The van der Waals surface area contributed by atoms with Gasteiger partial charge in [0.05, 0.1) is 4.87 Å². The van der Waals surface area contributed by atoms with Gasteiger partial charge in [0, 0.05) is 0 Å². The summed E-state index contributed by atoms with van der Waals surface area (Å²) in [6.07, 6.45) is 1.02. The lowest BCUT2D eigenvalue weighted by Gasteiger charge is -2.13. The minimum Gasteiger partial charge on any atom is -0.454 e. The van der Waals surface area contributed by atoms with Crippen molar-refractivity contribution >= 4 is 11.6 Å². The van der Waals surface area contributed by atoms with E-state index in [2.05, 4.69) is 13.8 Å². The average molecular weight is 225 g/mol.